The zero-order chi connectivity index (χ0) is 12.2. The van der Waals surface area contributed by atoms with Crippen LogP contribution in [0.25, 0.3) is 0 Å². The van der Waals surface area contributed by atoms with Gasteiger partial charge in [-0.1, -0.05) is 6.92 Å². The Hall–Kier alpha value is -0.620. The van der Waals surface area contributed by atoms with Crippen molar-refractivity contribution in [3.05, 3.63) is 0 Å². The minimum absolute atomic E-state index is 0.00384. The molecular formula is C10H20N2O3S. The minimum atomic E-state index is -2.94. The van der Waals surface area contributed by atoms with Gasteiger partial charge in [-0.25, -0.2) is 8.42 Å². The van der Waals surface area contributed by atoms with Gasteiger partial charge in [-0.3, -0.25) is 4.79 Å². The molecule has 5 nitrogen and oxygen atoms in total. The topological polar surface area (TPSA) is 66.5 Å². The van der Waals surface area contributed by atoms with Crippen LogP contribution in [0, 0.1) is 0 Å². The molecule has 16 heavy (non-hydrogen) atoms. The third-order valence-corrected chi connectivity index (χ3v) is 4.49. The first-order valence-electron chi connectivity index (χ1n) is 5.67. The van der Waals surface area contributed by atoms with Crippen molar-refractivity contribution in [1.82, 2.24) is 10.2 Å². The van der Waals surface area contributed by atoms with Crippen molar-refractivity contribution in [2.75, 3.05) is 31.1 Å². The maximum absolute atomic E-state index is 11.8. The number of carbonyl (C=O) groups is 1. The summed E-state index contributed by atoms with van der Waals surface area (Å²) in [5.41, 5.74) is 0. The molecule has 0 aliphatic carbocycles. The Morgan fingerprint density at radius 2 is 2.19 bits per heavy atom. The number of rotatable bonds is 4. The molecule has 1 unspecified atom stereocenters. The number of sulfone groups is 1. The molecule has 1 aliphatic rings. The van der Waals surface area contributed by atoms with Crippen molar-refractivity contribution < 1.29 is 13.2 Å². The molecule has 1 heterocycles. The summed E-state index contributed by atoms with van der Waals surface area (Å²) in [6.07, 6.45) is 0.983. The molecule has 1 rings (SSSR count). The van der Waals surface area contributed by atoms with Crippen LogP contribution >= 0.6 is 0 Å². The molecule has 0 aromatic heterocycles. The Morgan fingerprint density at radius 3 is 2.75 bits per heavy atom. The molecule has 0 aromatic carbocycles. The van der Waals surface area contributed by atoms with Crippen LogP contribution < -0.4 is 5.32 Å². The number of carbonyl (C=O) groups excluding carboxylic acids is 1. The van der Waals surface area contributed by atoms with Crippen LogP contribution in [0.1, 0.15) is 20.3 Å². The van der Waals surface area contributed by atoms with Crippen molar-refractivity contribution in [1.29, 1.82) is 0 Å². The van der Waals surface area contributed by atoms with E-state index in [2.05, 4.69) is 5.32 Å². The molecule has 1 amide bonds. The van der Waals surface area contributed by atoms with Crippen LogP contribution in [0.3, 0.4) is 0 Å². The SMILES string of the molecule is CCCNCC(=O)N1CCS(=O)(=O)CC1C. The van der Waals surface area contributed by atoms with Crippen LogP contribution in [0.4, 0.5) is 0 Å². The van der Waals surface area contributed by atoms with Gasteiger partial charge in [-0.2, -0.15) is 0 Å². The van der Waals surface area contributed by atoms with Gasteiger partial charge in [0.2, 0.25) is 5.91 Å². The number of nitrogens with one attached hydrogen (secondary N) is 1. The van der Waals surface area contributed by atoms with E-state index in [1.54, 1.807) is 11.8 Å². The Kier molecular flexibility index (Phi) is 4.73. The van der Waals surface area contributed by atoms with E-state index in [-0.39, 0.29) is 23.5 Å². The first-order valence-corrected chi connectivity index (χ1v) is 7.49. The van der Waals surface area contributed by atoms with Gasteiger partial charge in [0.15, 0.2) is 9.84 Å². The highest BCUT2D eigenvalue weighted by molar-refractivity contribution is 7.91. The van der Waals surface area contributed by atoms with Gasteiger partial charge >= 0.3 is 0 Å². The Morgan fingerprint density at radius 1 is 1.50 bits per heavy atom. The highest BCUT2D eigenvalue weighted by atomic mass is 32.2. The number of amides is 1. The zero-order valence-corrected chi connectivity index (χ0v) is 10.7. The average Bonchev–Trinajstić information content (AvgIpc) is 2.16. The fourth-order valence-electron chi connectivity index (χ4n) is 1.84. The first kappa shape index (κ1) is 13.4. The highest BCUT2D eigenvalue weighted by Gasteiger charge is 2.30. The highest BCUT2D eigenvalue weighted by Crippen LogP contribution is 2.11. The largest absolute Gasteiger partial charge is 0.337 e. The van der Waals surface area contributed by atoms with Gasteiger partial charge in [-0.15, -0.1) is 0 Å². The third kappa shape index (κ3) is 3.75. The van der Waals surface area contributed by atoms with E-state index in [1.165, 1.54) is 0 Å². The van der Waals surface area contributed by atoms with Gasteiger partial charge in [0, 0.05) is 12.6 Å². The van der Waals surface area contributed by atoms with E-state index in [4.69, 9.17) is 0 Å². The molecular weight excluding hydrogens is 228 g/mol. The lowest BCUT2D eigenvalue weighted by Gasteiger charge is -2.33. The van der Waals surface area contributed by atoms with Crippen LogP contribution in [0.5, 0.6) is 0 Å². The maximum Gasteiger partial charge on any atom is 0.236 e. The van der Waals surface area contributed by atoms with Crippen molar-refractivity contribution in [2.24, 2.45) is 0 Å². The fourth-order valence-corrected chi connectivity index (χ4v) is 3.40. The van der Waals surface area contributed by atoms with Gasteiger partial charge in [0.25, 0.3) is 0 Å². The Balaban J connectivity index is 2.46. The normalized spacial score (nSPS) is 24.4. The molecule has 1 fully saturated rings. The zero-order valence-electron chi connectivity index (χ0n) is 9.90. The van der Waals surface area contributed by atoms with Gasteiger partial charge < -0.3 is 10.2 Å². The van der Waals surface area contributed by atoms with Gasteiger partial charge in [-0.05, 0) is 19.9 Å². The summed E-state index contributed by atoms with van der Waals surface area (Å²) in [5, 5.41) is 3.03. The average molecular weight is 248 g/mol. The second-order valence-corrected chi connectivity index (χ2v) is 6.46. The van der Waals surface area contributed by atoms with E-state index in [9.17, 15) is 13.2 Å². The summed E-state index contributed by atoms with van der Waals surface area (Å²) in [6, 6.07) is -0.199. The lowest BCUT2D eigenvalue weighted by Crippen LogP contribution is -2.52. The molecule has 0 spiro atoms. The third-order valence-electron chi connectivity index (χ3n) is 2.69. The van der Waals surface area contributed by atoms with Crippen LogP contribution in [-0.2, 0) is 14.6 Å². The Labute approximate surface area is 97.1 Å². The van der Waals surface area contributed by atoms with Crippen molar-refractivity contribution in [3.63, 3.8) is 0 Å². The summed E-state index contributed by atoms with van der Waals surface area (Å²) < 4.78 is 22.7. The second kappa shape index (κ2) is 5.63. The van der Waals surface area contributed by atoms with E-state index in [0.717, 1.165) is 13.0 Å². The number of hydrogen-bond acceptors (Lipinski definition) is 4. The minimum Gasteiger partial charge on any atom is -0.337 e. The molecule has 6 heteroatoms. The molecule has 1 aliphatic heterocycles. The lowest BCUT2D eigenvalue weighted by molar-refractivity contribution is -0.131. The summed E-state index contributed by atoms with van der Waals surface area (Å²) in [6.45, 7) is 5.27. The van der Waals surface area contributed by atoms with E-state index >= 15 is 0 Å². The molecule has 1 saturated heterocycles. The van der Waals surface area contributed by atoms with Crippen LogP contribution in [0.15, 0.2) is 0 Å². The van der Waals surface area contributed by atoms with Crippen molar-refractivity contribution >= 4 is 15.7 Å². The van der Waals surface area contributed by atoms with E-state index < -0.39 is 9.84 Å². The monoisotopic (exact) mass is 248 g/mol. The van der Waals surface area contributed by atoms with E-state index in [0.29, 0.717) is 13.1 Å². The standard InChI is InChI=1S/C10H20N2O3S/c1-3-4-11-7-10(13)12-5-6-16(14,15)8-9(12)2/h9,11H,3-8H2,1-2H3. The summed E-state index contributed by atoms with van der Waals surface area (Å²) >= 11 is 0. The van der Waals surface area contributed by atoms with Crippen molar-refractivity contribution in [3.8, 4) is 0 Å². The van der Waals surface area contributed by atoms with Crippen molar-refractivity contribution in [2.45, 2.75) is 26.3 Å². The fraction of sp³-hybridized carbons (Fsp3) is 0.900. The maximum atomic E-state index is 11.8. The smallest absolute Gasteiger partial charge is 0.236 e. The molecule has 0 aromatic rings. The van der Waals surface area contributed by atoms with Crippen LogP contribution in [0.2, 0.25) is 0 Å². The van der Waals surface area contributed by atoms with Gasteiger partial charge in [0.05, 0.1) is 18.1 Å². The molecule has 0 bridgehead atoms. The summed E-state index contributed by atoms with van der Waals surface area (Å²) in [7, 11) is -2.94. The molecule has 94 valence electrons. The Bertz CT molecular complexity index is 340. The molecule has 0 saturated carbocycles. The van der Waals surface area contributed by atoms with E-state index in [1.807, 2.05) is 6.92 Å². The number of hydrogen-bond donors (Lipinski definition) is 1. The van der Waals surface area contributed by atoms with Crippen LogP contribution in [-0.4, -0.2) is 56.4 Å². The molecule has 1 atom stereocenters. The predicted molar refractivity (Wildman–Crippen MR) is 63.0 cm³/mol. The summed E-state index contributed by atoms with van der Waals surface area (Å²) in [5.74, 6) is 0.180. The summed E-state index contributed by atoms with van der Waals surface area (Å²) in [4.78, 5) is 13.4. The lowest BCUT2D eigenvalue weighted by atomic mass is 10.3. The second-order valence-electron chi connectivity index (χ2n) is 4.23. The van der Waals surface area contributed by atoms with Gasteiger partial charge in [0.1, 0.15) is 0 Å². The predicted octanol–water partition coefficient (Wildman–Crippen LogP) is -0.368. The first-order chi connectivity index (χ1) is 7.46. The number of nitrogens with zero attached hydrogens (tertiary/aromatic N) is 1. The molecule has 1 N–H and O–H groups in total. The molecule has 0 radical (unpaired) electrons. The quantitative estimate of drug-likeness (QED) is 0.690.